The van der Waals surface area contributed by atoms with E-state index in [0.717, 1.165) is 27.1 Å². The fourth-order valence-corrected chi connectivity index (χ4v) is 2.97. The third kappa shape index (κ3) is 4.02. The van der Waals surface area contributed by atoms with Crippen LogP contribution in [0.3, 0.4) is 0 Å². The number of fused-ring (bicyclic) bond motifs is 1. The van der Waals surface area contributed by atoms with E-state index in [-0.39, 0.29) is 6.03 Å². The second-order valence-corrected chi connectivity index (χ2v) is 6.90. The Morgan fingerprint density at radius 3 is 2.46 bits per heavy atom. The van der Waals surface area contributed by atoms with Crippen LogP contribution in [-0.4, -0.2) is 21.5 Å². The molecule has 0 aliphatic carbocycles. The summed E-state index contributed by atoms with van der Waals surface area (Å²) >= 11 is 0. The van der Waals surface area contributed by atoms with E-state index in [1.165, 1.54) is 0 Å². The number of carbonyl (C=O) groups excluding carboxylic acids is 1. The van der Waals surface area contributed by atoms with Gasteiger partial charge in [-0.1, -0.05) is 30.3 Å². The summed E-state index contributed by atoms with van der Waals surface area (Å²) in [5, 5.41) is 6.77. The molecule has 3 N–H and O–H groups in total. The first-order valence-electron chi connectivity index (χ1n) is 7.62. The van der Waals surface area contributed by atoms with Crippen LogP contribution in [0.25, 0.3) is 10.9 Å². The van der Waals surface area contributed by atoms with E-state index in [2.05, 4.69) is 15.6 Å². The van der Waals surface area contributed by atoms with Crippen LogP contribution in [0.15, 0.2) is 59.5 Å². The van der Waals surface area contributed by atoms with Crippen LogP contribution in [0, 0.1) is 0 Å². The second kappa shape index (κ2) is 7.31. The summed E-state index contributed by atoms with van der Waals surface area (Å²) in [4.78, 5) is 15.9. The molecule has 5 nitrogen and oxygen atoms in total. The Bertz CT molecular complexity index is 838. The topological polar surface area (TPSA) is 74.0 Å². The van der Waals surface area contributed by atoms with Gasteiger partial charge in [-0.05, 0) is 35.2 Å². The summed E-state index contributed by atoms with van der Waals surface area (Å²) < 4.78 is 11.3. The summed E-state index contributed by atoms with van der Waals surface area (Å²) in [7, 11) is -0.984. The van der Waals surface area contributed by atoms with E-state index in [4.69, 9.17) is 0 Å². The van der Waals surface area contributed by atoms with Crippen molar-refractivity contribution < 1.29 is 9.00 Å². The highest BCUT2D eigenvalue weighted by atomic mass is 32.2. The average molecular weight is 341 g/mol. The molecule has 124 valence electrons. The predicted molar refractivity (Wildman–Crippen MR) is 96.1 cm³/mol. The standard InChI is InChI=1S/C18H19N3O2S/c1-24(23)16-8-6-13(7-9-16)11-19-18(22)20-12-15-10-14-4-2-3-5-17(14)21-15/h2-10,21H,11-12H2,1H3,(H2,19,20,22)/t24-/m0/s1. The normalized spacial score (nSPS) is 12.0. The zero-order valence-corrected chi connectivity index (χ0v) is 14.2. The van der Waals surface area contributed by atoms with Gasteiger partial charge >= 0.3 is 6.03 Å². The number of aromatic nitrogens is 1. The molecule has 3 rings (SSSR count). The number of aromatic amines is 1. The molecule has 0 aliphatic rings. The predicted octanol–water partition coefficient (Wildman–Crippen LogP) is 2.90. The van der Waals surface area contributed by atoms with Crippen LogP contribution in [0.2, 0.25) is 0 Å². The quantitative estimate of drug-likeness (QED) is 0.667. The first-order valence-corrected chi connectivity index (χ1v) is 9.18. The van der Waals surface area contributed by atoms with Crippen LogP contribution in [0.4, 0.5) is 4.79 Å². The summed E-state index contributed by atoms with van der Waals surface area (Å²) in [5.74, 6) is 0. The third-order valence-electron chi connectivity index (χ3n) is 3.73. The van der Waals surface area contributed by atoms with Crippen molar-refractivity contribution in [2.24, 2.45) is 0 Å². The van der Waals surface area contributed by atoms with Crippen LogP contribution in [0.1, 0.15) is 11.3 Å². The smallest absolute Gasteiger partial charge is 0.315 e. The van der Waals surface area contributed by atoms with E-state index in [1.54, 1.807) is 6.26 Å². The van der Waals surface area contributed by atoms with Crippen molar-refractivity contribution in [1.29, 1.82) is 0 Å². The number of amides is 2. The molecule has 1 heterocycles. The Labute approximate surface area is 142 Å². The number of carbonyl (C=O) groups is 1. The van der Waals surface area contributed by atoms with E-state index in [1.807, 2.05) is 54.6 Å². The second-order valence-electron chi connectivity index (χ2n) is 5.52. The fraction of sp³-hybridized carbons (Fsp3) is 0.167. The van der Waals surface area contributed by atoms with Gasteiger partial charge in [-0.3, -0.25) is 4.21 Å². The fourth-order valence-electron chi connectivity index (χ4n) is 2.45. The maximum absolute atomic E-state index is 11.9. The van der Waals surface area contributed by atoms with Gasteiger partial charge < -0.3 is 15.6 Å². The minimum absolute atomic E-state index is 0.225. The van der Waals surface area contributed by atoms with Crippen LogP contribution >= 0.6 is 0 Å². The summed E-state index contributed by atoms with van der Waals surface area (Å²) in [5.41, 5.74) is 2.98. The van der Waals surface area contributed by atoms with Gasteiger partial charge in [0.15, 0.2) is 0 Å². The van der Waals surface area contributed by atoms with Gasteiger partial charge in [-0.25, -0.2) is 4.79 Å². The van der Waals surface area contributed by atoms with Gasteiger partial charge in [0.1, 0.15) is 0 Å². The zero-order valence-electron chi connectivity index (χ0n) is 13.3. The number of para-hydroxylation sites is 1. The van der Waals surface area contributed by atoms with E-state index < -0.39 is 10.8 Å². The Kier molecular flexibility index (Phi) is 4.96. The highest BCUT2D eigenvalue weighted by molar-refractivity contribution is 7.84. The number of hydrogen-bond donors (Lipinski definition) is 3. The Balaban J connectivity index is 1.49. The lowest BCUT2D eigenvalue weighted by atomic mass is 10.2. The van der Waals surface area contributed by atoms with Crippen molar-refractivity contribution in [3.05, 3.63) is 65.9 Å². The molecular formula is C18H19N3O2S. The molecule has 1 atom stereocenters. The molecule has 3 aromatic rings. The largest absolute Gasteiger partial charge is 0.357 e. The highest BCUT2D eigenvalue weighted by Gasteiger charge is 2.04. The number of benzene rings is 2. The lowest BCUT2D eigenvalue weighted by Gasteiger charge is -2.07. The van der Waals surface area contributed by atoms with Gasteiger partial charge in [0.2, 0.25) is 0 Å². The number of H-pyrrole nitrogens is 1. The summed E-state index contributed by atoms with van der Waals surface area (Å²) in [6.45, 7) is 0.865. The van der Waals surface area contributed by atoms with Crippen molar-refractivity contribution in [3.63, 3.8) is 0 Å². The molecule has 2 aromatic carbocycles. The van der Waals surface area contributed by atoms with Crippen LogP contribution < -0.4 is 10.6 Å². The van der Waals surface area contributed by atoms with E-state index in [0.29, 0.717) is 13.1 Å². The molecule has 0 saturated carbocycles. The van der Waals surface area contributed by atoms with Crippen LogP contribution in [-0.2, 0) is 23.9 Å². The lowest BCUT2D eigenvalue weighted by molar-refractivity contribution is 0.240. The van der Waals surface area contributed by atoms with E-state index in [9.17, 15) is 9.00 Å². The molecule has 1 aromatic heterocycles. The first kappa shape index (κ1) is 16.3. The summed E-state index contributed by atoms with van der Waals surface area (Å²) in [6, 6.07) is 17.2. The van der Waals surface area contributed by atoms with Gasteiger partial charge in [0, 0.05) is 39.7 Å². The van der Waals surface area contributed by atoms with Gasteiger partial charge in [0.25, 0.3) is 0 Å². The Hall–Kier alpha value is -2.60. The molecule has 2 amide bonds. The molecule has 0 radical (unpaired) electrons. The minimum atomic E-state index is -0.984. The monoisotopic (exact) mass is 341 g/mol. The molecule has 0 fully saturated rings. The maximum atomic E-state index is 11.9. The summed E-state index contributed by atoms with van der Waals surface area (Å²) in [6.07, 6.45) is 1.64. The minimum Gasteiger partial charge on any atom is -0.357 e. The highest BCUT2D eigenvalue weighted by Crippen LogP contribution is 2.14. The van der Waals surface area contributed by atoms with Crippen molar-refractivity contribution in [1.82, 2.24) is 15.6 Å². The SMILES string of the molecule is C[S@](=O)c1ccc(CNC(=O)NCc2cc3ccccc3[nH]2)cc1. The molecule has 0 bridgehead atoms. The Morgan fingerprint density at radius 1 is 1.04 bits per heavy atom. The molecule has 0 unspecified atom stereocenters. The molecule has 0 aliphatic heterocycles. The average Bonchev–Trinajstić information content (AvgIpc) is 3.01. The number of urea groups is 1. The van der Waals surface area contributed by atoms with Crippen molar-refractivity contribution in [2.75, 3.05) is 6.26 Å². The molecule has 24 heavy (non-hydrogen) atoms. The molecule has 0 saturated heterocycles. The first-order chi connectivity index (χ1) is 11.6. The van der Waals surface area contributed by atoms with Gasteiger partial charge in [-0.15, -0.1) is 0 Å². The van der Waals surface area contributed by atoms with Crippen molar-refractivity contribution in [3.8, 4) is 0 Å². The van der Waals surface area contributed by atoms with Gasteiger partial charge in [-0.2, -0.15) is 0 Å². The lowest BCUT2D eigenvalue weighted by Crippen LogP contribution is -2.34. The maximum Gasteiger partial charge on any atom is 0.315 e. The zero-order chi connectivity index (χ0) is 16.9. The van der Waals surface area contributed by atoms with Crippen molar-refractivity contribution in [2.45, 2.75) is 18.0 Å². The number of nitrogens with one attached hydrogen (secondary N) is 3. The Morgan fingerprint density at radius 2 is 1.75 bits per heavy atom. The molecule has 0 spiro atoms. The number of rotatable bonds is 5. The number of hydrogen-bond acceptors (Lipinski definition) is 2. The molecule has 6 heteroatoms. The third-order valence-corrected chi connectivity index (χ3v) is 4.67. The van der Waals surface area contributed by atoms with Gasteiger partial charge in [0.05, 0.1) is 6.54 Å². The van der Waals surface area contributed by atoms with Crippen LogP contribution in [0.5, 0.6) is 0 Å². The van der Waals surface area contributed by atoms with Crippen molar-refractivity contribution >= 4 is 27.7 Å². The molecular weight excluding hydrogens is 322 g/mol. The van der Waals surface area contributed by atoms with E-state index >= 15 is 0 Å².